The smallest absolute Gasteiger partial charge is 0.251 e. The number of hydrogen-bond acceptors (Lipinski definition) is 1. The standard InChI is InChI=1S/C14H20BrNO/c1-4-6-12(5-2)16-14(17)11-7-8-13(15)10(3)9-11/h7-9,12H,4-6H2,1-3H3,(H,16,17). The molecule has 17 heavy (non-hydrogen) atoms. The highest BCUT2D eigenvalue weighted by atomic mass is 79.9. The molecule has 2 nitrogen and oxygen atoms in total. The van der Waals surface area contributed by atoms with Crippen LogP contribution in [-0.2, 0) is 0 Å². The Balaban J connectivity index is 2.72. The summed E-state index contributed by atoms with van der Waals surface area (Å²) in [4.78, 5) is 12.0. The molecule has 1 N–H and O–H groups in total. The van der Waals surface area contributed by atoms with Gasteiger partial charge in [-0.05, 0) is 43.5 Å². The predicted molar refractivity (Wildman–Crippen MR) is 75.3 cm³/mol. The number of benzene rings is 1. The highest BCUT2D eigenvalue weighted by Crippen LogP contribution is 2.17. The number of rotatable bonds is 5. The van der Waals surface area contributed by atoms with Crippen LogP contribution in [0.25, 0.3) is 0 Å². The predicted octanol–water partition coefficient (Wildman–Crippen LogP) is 4.07. The number of halogens is 1. The van der Waals surface area contributed by atoms with Crippen LogP contribution in [0.4, 0.5) is 0 Å². The Labute approximate surface area is 112 Å². The lowest BCUT2D eigenvalue weighted by molar-refractivity contribution is 0.0933. The SMILES string of the molecule is CCCC(CC)NC(=O)c1ccc(Br)c(C)c1. The lowest BCUT2D eigenvalue weighted by Crippen LogP contribution is -2.34. The zero-order valence-corrected chi connectivity index (χ0v) is 12.3. The van der Waals surface area contributed by atoms with Gasteiger partial charge in [-0.3, -0.25) is 4.79 Å². The summed E-state index contributed by atoms with van der Waals surface area (Å²) in [7, 11) is 0. The van der Waals surface area contributed by atoms with Crippen molar-refractivity contribution in [2.75, 3.05) is 0 Å². The van der Waals surface area contributed by atoms with Gasteiger partial charge >= 0.3 is 0 Å². The summed E-state index contributed by atoms with van der Waals surface area (Å²) in [6.07, 6.45) is 3.12. The zero-order chi connectivity index (χ0) is 12.8. The number of aryl methyl sites for hydroxylation is 1. The summed E-state index contributed by atoms with van der Waals surface area (Å²) in [5.41, 5.74) is 1.82. The van der Waals surface area contributed by atoms with E-state index in [9.17, 15) is 4.79 Å². The zero-order valence-electron chi connectivity index (χ0n) is 10.7. The van der Waals surface area contributed by atoms with Gasteiger partial charge in [0.15, 0.2) is 0 Å². The van der Waals surface area contributed by atoms with Gasteiger partial charge in [-0.25, -0.2) is 0 Å². The Hall–Kier alpha value is -0.830. The summed E-state index contributed by atoms with van der Waals surface area (Å²) in [6, 6.07) is 5.98. The third kappa shape index (κ3) is 4.15. The second kappa shape index (κ2) is 6.80. The van der Waals surface area contributed by atoms with Crippen LogP contribution < -0.4 is 5.32 Å². The first-order valence-electron chi connectivity index (χ1n) is 6.15. The van der Waals surface area contributed by atoms with Gasteiger partial charge < -0.3 is 5.32 Å². The molecule has 94 valence electrons. The van der Waals surface area contributed by atoms with E-state index in [-0.39, 0.29) is 11.9 Å². The van der Waals surface area contributed by atoms with Gasteiger partial charge in [-0.1, -0.05) is 36.2 Å². The van der Waals surface area contributed by atoms with E-state index in [0.717, 1.165) is 34.9 Å². The van der Waals surface area contributed by atoms with E-state index in [1.54, 1.807) is 0 Å². The molecule has 0 aromatic heterocycles. The van der Waals surface area contributed by atoms with Crippen LogP contribution >= 0.6 is 15.9 Å². The summed E-state index contributed by atoms with van der Waals surface area (Å²) in [5.74, 6) is 0.0286. The third-order valence-electron chi connectivity index (χ3n) is 2.89. The molecule has 0 aliphatic rings. The quantitative estimate of drug-likeness (QED) is 0.872. The topological polar surface area (TPSA) is 29.1 Å². The highest BCUT2D eigenvalue weighted by Gasteiger charge is 2.11. The van der Waals surface area contributed by atoms with Gasteiger partial charge in [-0.2, -0.15) is 0 Å². The van der Waals surface area contributed by atoms with Crippen molar-refractivity contribution < 1.29 is 4.79 Å². The average molecular weight is 298 g/mol. The lowest BCUT2D eigenvalue weighted by Gasteiger charge is -2.16. The fourth-order valence-electron chi connectivity index (χ4n) is 1.78. The Morgan fingerprint density at radius 3 is 2.65 bits per heavy atom. The highest BCUT2D eigenvalue weighted by molar-refractivity contribution is 9.10. The monoisotopic (exact) mass is 297 g/mol. The van der Waals surface area contributed by atoms with Crippen LogP contribution in [0.2, 0.25) is 0 Å². The van der Waals surface area contributed by atoms with E-state index in [1.165, 1.54) is 0 Å². The minimum Gasteiger partial charge on any atom is -0.349 e. The van der Waals surface area contributed by atoms with Crippen LogP contribution in [0.15, 0.2) is 22.7 Å². The molecule has 0 saturated carbocycles. The van der Waals surface area contributed by atoms with E-state index in [4.69, 9.17) is 0 Å². The Morgan fingerprint density at radius 1 is 1.41 bits per heavy atom. The summed E-state index contributed by atoms with van der Waals surface area (Å²) < 4.78 is 1.04. The van der Waals surface area contributed by atoms with E-state index >= 15 is 0 Å². The van der Waals surface area contributed by atoms with Crippen molar-refractivity contribution in [2.24, 2.45) is 0 Å². The van der Waals surface area contributed by atoms with Crippen LogP contribution in [0.5, 0.6) is 0 Å². The molecule has 0 radical (unpaired) electrons. The molecular weight excluding hydrogens is 278 g/mol. The number of nitrogens with one attached hydrogen (secondary N) is 1. The molecule has 1 rings (SSSR count). The molecule has 1 atom stereocenters. The van der Waals surface area contributed by atoms with E-state index < -0.39 is 0 Å². The van der Waals surface area contributed by atoms with E-state index in [1.807, 2.05) is 25.1 Å². The molecule has 0 heterocycles. The minimum absolute atomic E-state index is 0.0286. The van der Waals surface area contributed by atoms with Crippen LogP contribution in [0.1, 0.15) is 49.0 Å². The van der Waals surface area contributed by atoms with Crippen molar-refractivity contribution in [3.05, 3.63) is 33.8 Å². The Kier molecular flexibility index (Phi) is 5.69. The second-order valence-corrected chi connectivity index (χ2v) is 5.19. The molecule has 0 fully saturated rings. The molecule has 1 aromatic rings. The van der Waals surface area contributed by atoms with Crippen molar-refractivity contribution in [3.63, 3.8) is 0 Å². The van der Waals surface area contributed by atoms with Gasteiger partial charge in [0.1, 0.15) is 0 Å². The van der Waals surface area contributed by atoms with E-state index in [0.29, 0.717) is 0 Å². The molecule has 0 spiro atoms. The van der Waals surface area contributed by atoms with Crippen LogP contribution in [-0.4, -0.2) is 11.9 Å². The second-order valence-electron chi connectivity index (χ2n) is 4.33. The lowest BCUT2D eigenvalue weighted by atomic mass is 10.1. The summed E-state index contributed by atoms with van der Waals surface area (Å²) in [6.45, 7) is 6.23. The number of carbonyl (C=O) groups excluding carboxylic acids is 1. The Bertz CT molecular complexity index is 390. The maximum Gasteiger partial charge on any atom is 0.251 e. The fourth-order valence-corrected chi connectivity index (χ4v) is 2.03. The number of amides is 1. The molecule has 1 amide bonds. The average Bonchev–Trinajstić information content (AvgIpc) is 2.31. The van der Waals surface area contributed by atoms with Crippen molar-refractivity contribution in [1.82, 2.24) is 5.32 Å². The van der Waals surface area contributed by atoms with Gasteiger partial charge in [0.25, 0.3) is 5.91 Å². The molecule has 0 bridgehead atoms. The normalized spacial score (nSPS) is 12.2. The first-order valence-corrected chi connectivity index (χ1v) is 6.94. The Morgan fingerprint density at radius 2 is 2.12 bits per heavy atom. The largest absolute Gasteiger partial charge is 0.349 e. The van der Waals surface area contributed by atoms with Gasteiger partial charge in [0, 0.05) is 16.1 Å². The van der Waals surface area contributed by atoms with Crippen LogP contribution in [0, 0.1) is 6.92 Å². The third-order valence-corrected chi connectivity index (χ3v) is 3.78. The van der Waals surface area contributed by atoms with Gasteiger partial charge in [-0.15, -0.1) is 0 Å². The van der Waals surface area contributed by atoms with Crippen LogP contribution in [0.3, 0.4) is 0 Å². The molecule has 0 aliphatic carbocycles. The minimum atomic E-state index is 0.0286. The molecule has 1 unspecified atom stereocenters. The molecule has 0 aliphatic heterocycles. The van der Waals surface area contributed by atoms with Gasteiger partial charge in [0.05, 0.1) is 0 Å². The number of hydrogen-bond donors (Lipinski definition) is 1. The maximum atomic E-state index is 12.0. The molecular formula is C14H20BrNO. The number of carbonyl (C=O) groups is 1. The molecule has 1 aromatic carbocycles. The molecule has 3 heteroatoms. The van der Waals surface area contributed by atoms with Gasteiger partial charge in [0.2, 0.25) is 0 Å². The molecule has 0 saturated heterocycles. The van der Waals surface area contributed by atoms with Crippen molar-refractivity contribution >= 4 is 21.8 Å². The van der Waals surface area contributed by atoms with Crippen molar-refractivity contribution in [1.29, 1.82) is 0 Å². The first-order chi connectivity index (χ1) is 8.08. The maximum absolute atomic E-state index is 12.0. The fraction of sp³-hybridized carbons (Fsp3) is 0.500. The first kappa shape index (κ1) is 14.2. The van der Waals surface area contributed by atoms with E-state index in [2.05, 4.69) is 35.1 Å². The van der Waals surface area contributed by atoms with Crippen molar-refractivity contribution in [2.45, 2.75) is 46.1 Å². The van der Waals surface area contributed by atoms with Crippen molar-refractivity contribution in [3.8, 4) is 0 Å². The summed E-state index contributed by atoms with van der Waals surface area (Å²) in [5, 5.41) is 3.08. The summed E-state index contributed by atoms with van der Waals surface area (Å²) >= 11 is 3.44.